The lowest BCUT2D eigenvalue weighted by Gasteiger charge is -2.38. The van der Waals surface area contributed by atoms with Crippen molar-refractivity contribution in [3.05, 3.63) is 54.6 Å². The number of benzene rings is 2. The van der Waals surface area contributed by atoms with Crippen LogP contribution in [0, 0.1) is 5.41 Å². The standard InChI is InChI=1S/C21H27O4P/c1-3-5-15-21(4-2)16-23-26(22,24-17-21)25-20-13-11-19(12-14-20)18-9-7-6-8-10-18/h6-14H,3-5,15-17H2,1-2H3. The summed E-state index contributed by atoms with van der Waals surface area (Å²) < 4.78 is 29.6. The van der Waals surface area contributed by atoms with Gasteiger partial charge in [0.15, 0.2) is 0 Å². The van der Waals surface area contributed by atoms with Gasteiger partial charge in [-0.15, -0.1) is 0 Å². The maximum Gasteiger partial charge on any atom is 0.530 e. The zero-order valence-electron chi connectivity index (χ0n) is 15.5. The van der Waals surface area contributed by atoms with Crippen molar-refractivity contribution in [3.8, 4) is 16.9 Å². The zero-order chi connectivity index (χ0) is 18.5. The molecule has 5 heteroatoms. The van der Waals surface area contributed by atoms with Gasteiger partial charge in [0, 0.05) is 5.41 Å². The van der Waals surface area contributed by atoms with E-state index in [9.17, 15) is 4.57 Å². The molecule has 0 saturated carbocycles. The SMILES string of the molecule is CCCCC1(CC)COP(=O)(Oc2ccc(-c3ccccc3)cc2)OC1. The van der Waals surface area contributed by atoms with Crippen LogP contribution in [0.3, 0.4) is 0 Å². The Hall–Kier alpha value is -1.61. The van der Waals surface area contributed by atoms with Crippen molar-refractivity contribution in [1.82, 2.24) is 0 Å². The van der Waals surface area contributed by atoms with Crippen LogP contribution in [0.4, 0.5) is 0 Å². The summed E-state index contributed by atoms with van der Waals surface area (Å²) in [6, 6.07) is 17.6. The van der Waals surface area contributed by atoms with Crippen molar-refractivity contribution in [1.29, 1.82) is 0 Å². The van der Waals surface area contributed by atoms with Crippen LogP contribution < -0.4 is 4.52 Å². The Morgan fingerprint density at radius 1 is 0.962 bits per heavy atom. The Labute approximate surface area is 156 Å². The molecule has 2 aromatic carbocycles. The second kappa shape index (κ2) is 8.39. The van der Waals surface area contributed by atoms with E-state index in [0.717, 1.165) is 36.8 Å². The lowest BCUT2D eigenvalue weighted by atomic mass is 9.82. The van der Waals surface area contributed by atoms with E-state index < -0.39 is 7.82 Å². The zero-order valence-corrected chi connectivity index (χ0v) is 16.4. The predicted octanol–water partition coefficient (Wildman–Crippen LogP) is 6.47. The smallest absolute Gasteiger partial charge is 0.404 e. The molecule has 0 spiro atoms. The molecule has 0 radical (unpaired) electrons. The molecule has 4 nitrogen and oxygen atoms in total. The topological polar surface area (TPSA) is 44.8 Å². The van der Waals surface area contributed by atoms with Gasteiger partial charge < -0.3 is 4.52 Å². The van der Waals surface area contributed by atoms with E-state index in [1.165, 1.54) is 0 Å². The first-order valence-corrected chi connectivity index (χ1v) is 10.8. The largest absolute Gasteiger partial charge is 0.530 e. The van der Waals surface area contributed by atoms with Crippen molar-refractivity contribution >= 4 is 7.82 Å². The van der Waals surface area contributed by atoms with Gasteiger partial charge in [0.1, 0.15) is 5.75 Å². The van der Waals surface area contributed by atoms with Crippen LogP contribution >= 0.6 is 7.82 Å². The van der Waals surface area contributed by atoms with E-state index in [1.54, 1.807) is 12.1 Å². The highest BCUT2D eigenvalue weighted by molar-refractivity contribution is 7.49. The van der Waals surface area contributed by atoms with Crippen molar-refractivity contribution in [2.45, 2.75) is 39.5 Å². The first-order chi connectivity index (χ1) is 12.6. The number of hydrogen-bond donors (Lipinski definition) is 0. The first-order valence-electron chi connectivity index (χ1n) is 9.32. The minimum atomic E-state index is -3.55. The van der Waals surface area contributed by atoms with E-state index in [4.69, 9.17) is 13.6 Å². The predicted molar refractivity (Wildman–Crippen MR) is 104 cm³/mol. The monoisotopic (exact) mass is 374 g/mol. The highest BCUT2D eigenvalue weighted by Gasteiger charge is 2.43. The molecule has 0 bridgehead atoms. The maximum absolute atomic E-state index is 12.8. The average molecular weight is 374 g/mol. The minimum absolute atomic E-state index is 0.0511. The second-order valence-electron chi connectivity index (χ2n) is 6.93. The summed E-state index contributed by atoms with van der Waals surface area (Å²) in [4.78, 5) is 0. The summed E-state index contributed by atoms with van der Waals surface area (Å²) in [6.07, 6.45) is 4.21. The van der Waals surface area contributed by atoms with Gasteiger partial charge >= 0.3 is 7.82 Å². The Morgan fingerprint density at radius 2 is 1.58 bits per heavy atom. The molecule has 2 aromatic rings. The molecule has 0 atom stereocenters. The fraction of sp³-hybridized carbons (Fsp3) is 0.429. The van der Waals surface area contributed by atoms with E-state index in [-0.39, 0.29) is 5.41 Å². The van der Waals surface area contributed by atoms with Gasteiger partial charge in [-0.25, -0.2) is 4.57 Å². The molecule has 1 saturated heterocycles. The van der Waals surface area contributed by atoms with Crippen LogP contribution in [0.25, 0.3) is 11.1 Å². The highest BCUT2D eigenvalue weighted by Crippen LogP contribution is 2.56. The van der Waals surface area contributed by atoms with Gasteiger partial charge in [-0.3, -0.25) is 9.05 Å². The number of rotatable bonds is 7. The van der Waals surface area contributed by atoms with Crippen LogP contribution in [-0.4, -0.2) is 13.2 Å². The van der Waals surface area contributed by atoms with Crippen molar-refractivity contribution in [2.75, 3.05) is 13.2 Å². The van der Waals surface area contributed by atoms with Crippen LogP contribution in [0.1, 0.15) is 39.5 Å². The molecule has 1 aliphatic rings. The lowest BCUT2D eigenvalue weighted by Crippen LogP contribution is -2.35. The summed E-state index contributed by atoms with van der Waals surface area (Å²) in [5.74, 6) is 0.491. The summed E-state index contributed by atoms with van der Waals surface area (Å²) in [7, 11) is -3.55. The molecule has 1 aliphatic heterocycles. The molecule has 0 amide bonds. The fourth-order valence-corrected chi connectivity index (χ4v) is 4.53. The van der Waals surface area contributed by atoms with Crippen molar-refractivity contribution in [2.24, 2.45) is 5.41 Å². The average Bonchev–Trinajstić information content (AvgIpc) is 2.69. The Bertz CT molecular complexity index is 730. The normalized spacial score (nSPS) is 25.8. The number of phosphoric acid groups is 1. The summed E-state index contributed by atoms with van der Waals surface area (Å²) in [6.45, 7) is 5.13. The van der Waals surface area contributed by atoms with Crippen LogP contribution in [0.15, 0.2) is 54.6 Å². The van der Waals surface area contributed by atoms with Gasteiger partial charge in [0.2, 0.25) is 0 Å². The number of phosphoric ester groups is 1. The van der Waals surface area contributed by atoms with Crippen molar-refractivity contribution < 1.29 is 18.1 Å². The Kier molecular flexibility index (Phi) is 6.18. The third kappa shape index (κ3) is 4.56. The highest BCUT2D eigenvalue weighted by atomic mass is 31.2. The lowest BCUT2D eigenvalue weighted by molar-refractivity contribution is -0.0115. The summed E-state index contributed by atoms with van der Waals surface area (Å²) in [5.41, 5.74) is 2.15. The van der Waals surface area contributed by atoms with Crippen LogP contribution in [-0.2, 0) is 13.6 Å². The fourth-order valence-electron chi connectivity index (χ4n) is 3.11. The molecule has 26 heavy (non-hydrogen) atoms. The minimum Gasteiger partial charge on any atom is -0.404 e. The van der Waals surface area contributed by atoms with Gasteiger partial charge in [0.05, 0.1) is 13.2 Å². The summed E-state index contributed by atoms with van der Waals surface area (Å²) >= 11 is 0. The van der Waals surface area contributed by atoms with Crippen LogP contribution in [0.5, 0.6) is 5.75 Å². The molecule has 0 N–H and O–H groups in total. The molecular formula is C21H27O4P. The Balaban J connectivity index is 1.63. The number of hydrogen-bond acceptors (Lipinski definition) is 4. The van der Waals surface area contributed by atoms with E-state index in [1.807, 2.05) is 42.5 Å². The van der Waals surface area contributed by atoms with Crippen LogP contribution in [0.2, 0.25) is 0 Å². The van der Waals surface area contributed by atoms with Gasteiger partial charge in [0.25, 0.3) is 0 Å². The molecule has 1 fully saturated rings. The first kappa shape index (κ1) is 19.2. The molecular weight excluding hydrogens is 347 g/mol. The molecule has 3 rings (SSSR count). The second-order valence-corrected chi connectivity index (χ2v) is 8.53. The third-order valence-corrected chi connectivity index (χ3v) is 6.37. The maximum atomic E-state index is 12.8. The summed E-state index contributed by atoms with van der Waals surface area (Å²) in [5, 5.41) is 0. The Morgan fingerprint density at radius 3 is 2.15 bits per heavy atom. The molecule has 1 heterocycles. The van der Waals surface area contributed by atoms with E-state index in [0.29, 0.717) is 19.0 Å². The van der Waals surface area contributed by atoms with E-state index in [2.05, 4.69) is 13.8 Å². The van der Waals surface area contributed by atoms with E-state index >= 15 is 0 Å². The molecule has 140 valence electrons. The molecule has 0 unspecified atom stereocenters. The van der Waals surface area contributed by atoms with Crippen molar-refractivity contribution in [3.63, 3.8) is 0 Å². The third-order valence-electron chi connectivity index (χ3n) is 5.05. The van der Waals surface area contributed by atoms with Gasteiger partial charge in [-0.05, 0) is 36.1 Å². The number of unbranched alkanes of at least 4 members (excludes halogenated alkanes) is 1. The molecule has 0 aromatic heterocycles. The molecule has 0 aliphatic carbocycles. The van der Waals surface area contributed by atoms with Gasteiger partial charge in [-0.1, -0.05) is 69.2 Å². The quantitative estimate of drug-likeness (QED) is 0.521. The van der Waals surface area contributed by atoms with Gasteiger partial charge in [-0.2, -0.15) is 0 Å².